The molecule has 106 valence electrons. The van der Waals surface area contributed by atoms with Crippen molar-refractivity contribution in [1.82, 2.24) is 0 Å². The lowest BCUT2D eigenvalue weighted by molar-refractivity contribution is -0.178. The molecule has 0 radical (unpaired) electrons. The normalized spacial score (nSPS) is 25.1. The van der Waals surface area contributed by atoms with Gasteiger partial charge in [-0.2, -0.15) is 0 Å². The predicted octanol–water partition coefficient (Wildman–Crippen LogP) is 0.325. The molecule has 0 fully saturated rings. The first-order chi connectivity index (χ1) is 8.90. The highest BCUT2D eigenvalue weighted by molar-refractivity contribution is 5.68. The van der Waals surface area contributed by atoms with E-state index in [0.717, 1.165) is 0 Å². The zero-order chi connectivity index (χ0) is 14.4. The molecule has 0 unspecified atom stereocenters. The number of esters is 3. The van der Waals surface area contributed by atoms with Gasteiger partial charge in [0.2, 0.25) is 0 Å². The monoisotopic (exact) mass is 275 g/mol. The van der Waals surface area contributed by atoms with E-state index in [0.29, 0.717) is 0 Å². The van der Waals surface area contributed by atoms with Gasteiger partial charge in [-0.1, -0.05) is 0 Å². The minimum atomic E-state index is -0.856. The second-order valence-electron chi connectivity index (χ2n) is 3.95. The molecule has 19 heavy (non-hydrogen) atoms. The van der Waals surface area contributed by atoms with Crippen molar-refractivity contribution >= 4 is 17.9 Å². The Morgan fingerprint density at radius 1 is 1.05 bits per heavy atom. The Morgan fingerprint density at radius 2 is 1.68 bits per heavy atom. The van der Waals surface area contributed by atoms with E-state index < -0.39 is 36.2 Å². The summed E-state index contributed by atoms with van der Waals surface area (Å²) in [4.78, 5) is 32.9. The van der Waals surface area contributed by atoms with E-state index in [4.69, 9.17) is 18.9 Å². The third kappa shape index (κ3) is 4.99. The highest BCUT2D eigenvalue weighted by atomic mass is 16.7. The van der Waals surface area contributed by atoms with Crippen LogP contribution in [0.3, 0.4) is 0 Å². The predicted molar refractivity (Wildman–Crippen MR) is 61.8 cm³/mol. The minimum Gasteiger partial charge on any atom is -0.491 e. The van der Waals surface area contributed by atoms with Crippen LogP contribution in [0.5, 0.6) is 0 Å². The van der Waals surface area contributed by atoms with E-state index >= 15 is 0 Å². The van der Waals surface area contributed by atoms with Crippen LogP contribution in [0.15, 0.2) is 12.3 Å². The average Bonchev–Trinajstić information content (AvgIpc) is 2.28. The maximum absolute atomic E-state index is 11.1. The SMILES string of the molecule is C[13C](=O)OC[C@H]1OC=C[C@@H](O[13C](C)=O)[C@H]1O[13C](C)=O. The number of hydrogen-bond donors (Lipinski definition) is 0. The summed E-state index contributed by atoms with van der Waals surface area (Å²) in [6.45, 7) is 3.62. The molecule has 1 aliphatic heterocycles. The van der Waals surface area contributed by atoms with Crippen LogP contribution in [-0.4, -0.2) is 42.8 Å². The van der Waals surface area contributed by atoms with Crippen molar-refractivity contribution in [2.24, 2.45) is 0 Å². The smallest absolute Gasteiger partial charge is 0.303 e. The molecule has 1 rings (SSSR count). The van der Waals surface area contributed by atoms with Gasteiger partial charge >= 0.3 is 17.9 Å². The first-order valence-corrected chi connectivity index (χ1v) is 5.70. The second-order valence-corrected chi connectivity index (χ2v) is 3.95. The molecule has 0 aliphatic carbocycles. The van der Waals surface area contributed by atoms with Gasteiger partial charge in [-0.25, -0.2) is 0 Å². The van der Waals surface area contributed by atoms with Crippen LogP contribution in [0.1, 0.15) is 20.8 Å². The van der Waals surface area contributed by atoms with E-state index in [1.165, 1.54) is 33.1 Å². The quantitative estimate of drug-likeness (QED) is 0.415. The maximum atomic E-state index is 11.1. The van der Waals surface area contributed by atoms with Crippen molar-refractivity contribution in [2.45, 2.75) is 39.1 Å². The maximum Gasteiger partial charge on any atom is 0.303 e. The van der Waals surface area contributed by atoms with Crippen molar-refractivity contribution < 1.29 is 33.3 Å². The van der Waals surface area contributed by atoms with Gasteiger partial charge < -0.3 is 18.9 Å². The van der Waals surface area contributed by atoms with Crippen molar-refractivity contribution in [3.05, 3.63) is 12.3 Å². The Balaban J connectivity index is 2.77. The lowest BCUT2D eigenvalue weighted by Crippen LogP contribution is -2.47. The Morgan fingerprint density at radius 3 is 2.21 bits per heavy atom. The number of carbonyl (C=O) groups is 3. The molecule has 0 aromatic carbocycles. The highest BCUT2D eigenvalue weighted by Gasteiger charge is 2.37. The molecule has 0 aromatic rings. The third-order valence-corrected chi connectivity index (χ3v) is 2.27. The van der Waals surface area contributed by atoms with Crippen molar-refractivity contribution in [2.75, 3.05) is 6.61 Å². The minimum absolute atomic E-state index is 0.102. The van der Waals surface area contributed by atoms with Crippen LogP contribution in [0.25, 0.3) is 0 Å². The topological polar surface area (TPSA) is 88.1 Å². The van der Waals surface area contributed by atoms with Gasteiger partial charge in [0.25, 0.3) is 0 Å². The summed E-state index contributed by atoms with van der Waals surface area (Å²) in [6.07, 6.45) is 0.435. The van der Waals surface area contributed by atoms with Gasteiger partial charge in [-0.15, -0.1) is 0 Å². The van der Waals surface area contributed by atoms with Crippen LogP contribution < -0.4 is 0 Å². The van der Waals surface area contributed by atoms with Crippen LogP contribution in [-0.2, 0) is 33.3 Å². The number of rotatable bonds is 4. The largest absolute Gasteiger partial charge is 0.491 e. The molecule has 0 saturated carbocycles. The summed E-state index contributed by atoms with van der Waals surface area (Å²) < 4.78 is 20.1. The summed E-state index contributed by atoms with van der Waals surface area (Å²) in [5, 5.41) is 0. The van der Waals surface area contributed by atoms with Gasteiger partial charge in [0.05, 0.1) is 6.26 Å². The molecule has 3 atom stereocenters. The van der Waals surface area contributed by atoms with Crippen LogP contribution >= 0.6 is 0 Å². The van der Waals surface area contributed by atoms with Gasteiger partial charge in [0.1, 0.15) is 6.61 Å². The van der Waals surface area contributed by atoms with E-state index in [1.807, 2.05) is 0 Å². The van der Waals surface area contributed by atoms with Gasteiger partial charge in [0, 0.05) is 20.8 Å². The van der Waals surface area contributed by atoms with Crippen molar-refractivity contribution in [1.29, 1.82) is 0 Å². The fourth-order valence-corrected chi connectivity index (χ4v) is 1.59. The first kappa shape index (κ1) is 15.0. The van der Waals surface area contributed by atoms with Crippen LogP contribution in [0.2, 0.25) is 0 Å². The molecule has 0 saturated heterocycles. The molecule has 0 N–H and O–H groups in total. The summed E-state index contributed by atoms with van der Waals surface area (Å²) in [5.41, 5.74) is 0. The van der Waals surface area contributed by atoms with Gasteiger partial charge in [-0.3, -0.25) is 14.4 Å². The lowest BCUT2D eigenvalue weighted by Gasteiger charge is -2.32. The zero-order valence-corrected chi connectivity index (χ0v) is 11.0. The molecule has 0 aromatic heterocycles. The van der Waals surface area contributed by atoms with Crippen LogP contribution in [0, 0.1) is 0 Å². The van der Waals surface area contributed by atoms with E-state index in [2.05, 4.69) is 0 Å². The molecule has 1 heterocycles. The first-order valence-electron chi connectivity index (χ1n) is 5.70. The lowest BCUT2D eigenvalue weighted by atomic mass is 10.1. The number of ether oxygens (including phenoxy) is 4. The van der Waals surface area contributed by atoms with Gasteiger partial charge in [-0.05, 0) is 6.08 Å². The van der Waals surface area contributed by atoms with Crippen molar-refractivity contribution in [3.8, 4) is 0 Å². The summed E-state index contributed by atoms with van der Waals surface area (Å²) >= 11 is 0. The molecule has 0 spiro atoms. The van der Waals surface area contributed by atoms with Gasteiger partial charge in [0.15, 0.2) is 18.3 Å². The third-order valence-electron chi connectivity index (χ3n) is 2.27. The standard InChI is InChI=1S/C12H16O7/c1-7(13)17-6-11-12(19-9(3)15)10(4-5-16-11)18-8(2)14/h4-5,10-12H,6H2,1-3H3/t10-,11-,12-/m1/s1/i7+1,8+1,9+1. The molecule has 1 aliphatic rings. The van der Waals surface area contributed by atoms with E-state index in [1.54, 1.807) is 0 Å². The summed E-state index contributed by atoms with van der Waals surface area (Å²) in [6, 6.07) is 0. The Hall–Kier alpha value is -2.05. The number of hydrogen-bond acceptors (Lipinski definition) is 7. The summed E-state index contributed by atoms with van der Waals surface area (Å²) in [7, 11) is 0. The molecule has 0 bridgehead atoms. The Labute approximate surface area is 110 Å². The van der Waals surface area contributed by atoms with E-state index in [9.17, 15) is 14.4 Å². The molecule has 0 amide bonds. The molecule has 7 heteroatoms. The molecular weight excluding hydrogens is 259 g/mol. The fraction of sp³-hybridized carbons (Fsp3) is 0.583. The summed E-state index contributed by atoms with van der Waals surface area (Å²) in [5.74, 6) is -1.54. The number of carbonyl (C=O) groups excluding carboxylic acids is 3. The molecule has 7 nitrogen and oxygen atoms in total. The zero-order valence-electron chi connectivity index (χ0n) is 11.0. The second kappa shape index (κ2) is 6.77. The fourth-order valence-electron chi connectivity index (χ4n) is 1.59. The average molecular weight is 275 g/mol. The Bertz CT molecular complexity index is 388. The highest BCUT2D eigenvalue weighted by Crippen LogP contribution is 2.19. The van der Waals surface area contributed by atoms with Crippen molar-refractivity contribution in [3.63, 3.8) is 0 Å². The molecular formula is C12H16O7. The van der Waals surface area contributed by atoms with E-state index in [-0.39, 0.29) is 6.61 Å². The van der Waals surface area contributed by atoms with Crippen LogP contribution in [0.4, 0.5) is 0 Å². The Kier molecular flexibility index (Phi) is 5.35.